The molecule has 0 saturated heterocycles. The molecule has 8 nitrogen and oxygen atoms in total. The molecule has 41 heavy (non-hydrogen) atoms. The van der Waals surface area contributed by atoms with Crippen molar-refractivity contribution in [2.45, 2.75) is 98.1 Å². The molecule has 0 aliphatic rings. The highest BCUT2D eigenvalue weighted by molar-refractivity contribution is 6.33. The number of imidazole rings is 1. The first-order chi connectivity index (χ1) is 19.9. The Hall–Kier alpha value is -2.97. The number of fused-ring (bicyclic) bond motifs is 1. The number of halogens is 2. The van der Waals surface area contributed by atoms with Crippen LogP contribution in [0, 0.1) is 0 Å². The number of aromatic nitrogens is 2. The van der Waals surface area contributed by atoms with Crippen molar-refractivity contribution >= 4 is 51.9 Å². The number of hydrogen-bond acceptors (Lipinski definition) is 4. The molecule has 2 amide bonds. The summed E-state index contributed by atoms with van der Waals surface area (Å²) in [6, 6.07) is 9.73. The van der Waals surface area contributed by atoms with E-state index < -0.39 is 12.0 Å². The van der Waals surface area contributed by atoms with Crippen LogP contribution in [0.1, 0.15) is 95.3 Å². The number of urea groups is 1. The molecular weight excluding hydrogens is 561 g/mol. The predicted octanol–water partition coefficient (Wildman–Crippen LogP) is 8.50. The van der Waals surface area contributed by atoms with Gasteiger partial charge in [-0.25, -0.2) is 15.0 Å². The zero-order valence-electron chi connectivity index (χ0n) is 24.5. The fourth-order valence-corrected chi connectivity index (χ4v) is 5.21. The van der Waals surface area contributed by atoms with Gasteiger partial charge >= 0.3 is 12.0 Å². The van der Waals surface area contributed by atoms with Gasteiger partial charge in [-0.2, -0.15) is 0 Å². The maximum atomic E-state index is 12.7. The van der Waals surface area contributed by atoms with Gasteiger partial charge in [-0.15, -0.1) is 5.10 Å². The van der Waals surface area contributed by atoms with Crippen LogP contribution in [0.4, 0.5) is 10.5 Å². The minimum atomic E-state index is -0.587. The van der Waals surface area contributed by atoms with Crippen LogP contribution in [-0.2, 0) is 17.8 Å². The van der Waals surface area contributed by atoms with Gasteiger partial charge in [0.1, 0.15) is 0 Å². The van der Waals surface area contributed by atoms with E-state index in [9.17, 15) is 9.59 Å². The van der Waals surface area contributed by atoms with E-state index in [0.717, 1.165) is 30.3 Å². The van der Waals surface area contributed by atoms with E-state index in [1.165, 1.54) is 51.0 Å². The van der Waals surface area contributed by atoms with Gasteiger partial charge in [-0.3, -0.25) is 0 Å². The normalized spacial score (nSPS) is 11.7. The van der Waals surface area contributed by atoms with Gasteiger partial charge < -0.3 is 19.2 Å². The monoisotopic (exact) mass is 603 g/mol. The highest BCUT2D eigenvalue weighted by Crippen LogP contribution is 2.24. The molecule has 3 aromatic rings. The van der Waals surface area contributed by atoms with Gasteiger partial charge in [0, 0.05) is 18.1 Å². The molecule has 0 radical (unpaired) electrons. The molecule has 0 fully saturated rings. The quantitative estimate of drug-likeness (QED) is 0.0976. The van der Waals surface area contributed by atoms with E-state index in [1.807, 2.05) is 41.2 Å². The summed E-state index contributed by atoms with van der Waals surface area (Å²) in [6.07, 6.45) is 12.1. The Morgan fingerprint density at radius 1 is 0.805 bits per heavy atom. The number of carbonyl (C=O) groups excluding carboxylic acids is 2. The zero-order valence-corrected chi connectivity index (χ0v) is 26.0. The average Bonchev–Trinajstić information content (AvgIpc) is 3.27. The fraction of sp³-hybridized carbons (Fsp3) is 0.516. The molecule has 10 heteroatoms. The summed E-state index contributed by atoms with van der Waals surface area (Å²) in [5.74, 6) is -0.444. The average molecular weight is 605 g/mol. The van der Waals surface area contributed by atoms with Crippen LogP contribution >= 0.6 is 23.2 Å². The lowest BCUT2D eigenvalue weighted by atomic mass is 10.1. The van der Waals surface area contributed by atoms with Crippen LogP contribution < -0.4 is 16.4 Å². The Kier molecular flexibility index (Phi) is 13.6. The summed E-state index contributed by atoms with van der Waals surface area (Å²) in [5.41, 5.74) is 5.63. The number of nitrogens with one attached hydrogen (secondary N) is 2. The first-order valence-electron chi connectivity index (χ1n) is 14.9. The summed E-state index contributed by atoms with van der Waals surface area (Å²) in [7, 11) is 0. The molecule has 0 unspecified atom stereocenters. The molecule has 0 spiro atoms. The molecule has 0 aliphatic heterocycles. The Labute approximate surface area is 253 Å². The predicted molar refractivity (Wildman–Crippen MR) is 168 cm³/mol. The standard InChI is InChI=1S/C31H43Cl2N5O3/c1-4-7-8-9-10-11-12-13-14-15-20-41-29(39)23-16-18-25(33)26(21-23)34-30(40)35-36-31-37(5-2)27-19-17-24(32)22-28(27)38(31)6-3/h16-19,21-22H,4-15,20H2,1-3H3,(H2,34,35,40)/b36-31+. The third kappa shape index (κ3) is 9.54. The van der Waals surface area contributed by atoms with E-state index in [0.29, 0.717) is 46.6 Å². The van der Waals surface area contributed by atoms with Crippen molar-refractivity contribution in [3.8, 4) is 0 Å². The van der Waals surface area contributed by atoms with Crippen LogP contribution in [0.25, 0.3) is 11.0 Å². The minimum Gasteiger partial charge on any atom is -0.462 e. The second-order valence-electron chi connectivity index (χ2n) is 10.1. The van der Waals surface area contributed by atoms with Gasteiger partial charge in [0.2, 0.25) is 5.62 Å². The maximum absolute atomic E-state index is 12.7. The summed E-state index contributed by atoms with van der Waals surface area (Å²) in [6.45, 7) is 7.91. The highest BCUT2D eigenvalue weighted by Gasteiger charge is 2.14. The van der Waals surface area contributed by atoms with Crippen molar-refractivity contribution in [2.24, 2.45) is 5.10 Å². The van der Waals surface area contributed by atoms with Crippen molar-refractivity contribution in [3.05, 3.63) is 57.6 Å². The van der Waals surface area contributed by atoms with E-state index in [4.69, 9.17) is 27.9 Å². The molecule has 0 aliphatic carbocycles. The fourth-order valence-electron chi connectivity index (χ4n) is 4.88. The lowest BCUT2D eigenvalue weighted by molar-refractivity contribution is 0.0497. The largest absolute Gasteiger partial charge is 0.462 e. The Morgan fingerprint density at radius 2 is 1.44 bits per heavy atom. The van der Waals surface area contributed by atoms with Crippen molar-refractivity contribution in [1.82, 2.24) is 14.6 Å². The van der Waals surface area contributed by atoms with Crippen LogP contribution in [0.15, 0.2) is 41.5 Å². The number of rotatable bonds is 16. The van der Waals surface area contributed by atoms with Crippen molar-refractivity contribution in [2.75, 3.05) is 11.9 Å². The Balaban J connectivity index is 1.53. The van der Waals surface area contributed by atoms with Crippen LogP contribution in [0.3, 0.4) is 0 Å². The number of anilines is 1. The topological polar surface area (TPSA) is 89.7 Å². The lowest BCUT2D eigenvalue weighted by Crippen LogP contribution is -2.32. The number of amides is 2. The number of esters is 1. The summed E-state index contributed by atoms with van der Waals surface area (Å²) < 4.78 is 9.42. The van der Waals surface area contributed by atoms with Gasteiger partial charge in [0.15, 0.2) is 0 Å². The third-order valence-corrected chi connectivity index (χ3v) is 7.64. The Morgan fingerprint density at radius 3 is 2.10 bits per heavy atom. The van der Waals surface area contributed by atoms with E-state index in [2.05, 4.69) is 22.8 Å². The number of aryl methyl sites for hydroxylation is 2. The molecule has 1 aromatic heterocycles. The van der Waals surface area contributed by atoms with Gasteiger partial charge in [-0.1, -0.05) is 87.9 Å². The Bertz CT molecular complexity index is 1370. The number of nitrogens with zero attached hydrogens (tertiary/aromatic N) is 3. The van der Waals surface area contributed by atoms with Crippen molar-refractivity contribution < 1.29 is 14.3 Å². The number of carbonyl (C=O) groups is 2. The zero-order chi connectivity index (χ0) is 29.6. The smallest absolute Gasteiger partial charge is 0.339 e. The van der Waals surface area contributed by atoms with E-state index >= 15 is 0 Å². The molecule has 0 atom stereocenters. The number of hydrogen-bond donors (Lipinski definition) is 2. The molecule has 3 rings (SSSR count). The molecule has 2 aromatic carbocycles. The lowest BCUT2D eigenvalue weighted by Gasteiger charge is -2.10. The molecule has 1 heterocycles. The molecular formula is C31H43Cl2N5O3. The highest BCUT2D eigenvalue weighted by atomic mass is 35.5. The van der Waals surface area contributed by atoms with Crippen molar-refractivity contribution in [3.63, 3.8) is 0 Å². The first-order valence-corrected chi connectivity index (χ1v) is 15.6. The molecule has 0 bridgehead atoms. The molecule has 2 N–H and O–H groups in total. The second-order valence-corrected chi connectivity index (χ2v) is 11.0. The van der Waals surface area contributed by atoms with Gasteiger partial charge in [-0.05, 0) is 56.7 Å². The number of ether oxygens (including phenoxy) is 1. The molecule has 0 saturated carbocycles. The minimum absolute atomic E-state index is 0.291. The summed E-state index contributed by atoms with van der Waals surface area (Å²) in [4.78, 5) is 25.3. The second kappa shape index (κ2) is 17.1. The third-order valence-electron chi connectivity index (χ3n) is 7.07. The van der Waals surface area contributed by atoms with E-state index in [1.54, 1.807) is 12.1 Å². The number of benzene rings is 2. The van der Waals surface area contributed by atoms with Crippen LogP contribution in [0.2, 0.25) is 10.0 Å². The number of unbranched alkanes of at least 4 members (excludes halogenated alkanes) is 9. The van der Waals surface area contributed by atoms with Crippen LogP contribution in [-0.4, -0.2) is 27.7 Å². The SMILES string of the molecule is CCCCCCCCCCCCOC(=O)c1ccc(Cl)c(NC(=O)N/N=c2\n(CC)c3ccc(Cl)cc3n2CC)c1. The van der Waals surface area contributed by atoms with Gasteiger partial charge in [0.25, 0.3) is 0 Å². The van der Waals surface area contributed by atoms with Gasteiger partial charge in [0.05, 0.1) is 33.9 Å². The molecule has 224 valence electrons. The first kappa shape index (κ1) is 32.5. The summed E-state index contributed by atoms with van der Waals surface area (Å²) in [5, 5.41) is 7.98. The van der Waals surface area contributed by atoms with Crippen LogP contribution in [0.5, 0.6) is 0 Å². The maximum Gasteiger partial charge on any atom is 0.339 e. The van der Waals surface area contributed by atoms with E-state index in [-0.39, 0.29) is 0 Å². The summed E-state index contributed by atoms with van der Waals surface area (Å²) >= 11 is 12.5. The van der Waals surface area contributed by atoms with Crippen molar-refractivity contribution in [1.29, 1.82) is 0 Å².